The van der Waals surface area contributed by atoms with Crippen LogP contribution >= 0.6 is 23.2 Å². The van der Waals surface area contributed by atoms with Gasteiger partial charge in [0.1, 0.15) is 0 Å². The molecule has 0 saturated heterocycles. The first-order valence-corrected chi connectivity index (χ1v) is 6.09. The highest BCUT2D eigenvalue weighted by Crippen LogP contribution is 2.26. The Hall–Kier alpha value is -0.770. The second kappa shape index (κ2) is 6.84. The van der Waals surface area contributed by atoms with Gasteiger partial charge in [-0.05, 0) is 24.1 Å². The first kappa shape index (κ1) is 14.3. The molecule has 1 atom stereocenters. The highest BCUT2D eigenvalue weighted by molar-refractivity contribution is 6.42. The fourth-order valence-corrected chi connectivity index (χ4v) is 1.81. The van der Waals surface area contributed by atoms with Gasteiger partial charge in [-0.1, -0.05) is 36.2 Å². The zero-order chi connectivity index (χ0) is 12.8. The molecule has 0 bridgehead atoms. The maximum Gasteiger partial charge on any atom is 0.319 e. The summed E-state index contributed by atoms with van der Waals surface area (Å²) in [6.07, 6.45) is 0.842. The molecule has 0 heterocycles. The molecule has 94 valence electrons. The van der Waals surface area contributed by atoms with Crippen LogP contribution in [0.4, 0.5) is 0 Å². The lowest BCUT2D eigenvalue weighted by Crippen LogP contribution is -2.28. The van der Waals surface area contributed by atoms with E-state index in [-0.39, 0.29) is 18.6 Å². The summed E-state index contributed by atoms with van der Waals surface area (Å²) in [5, 5.41) is 4.15. The molecule has 0 unspecified atom stereocenters. The van der Waals surface area contributed by atoms with E-state index in [2.05, 4.69) is 10.1 Å². The second-order valence-corrected chi connectivity index (χ2v) is 4.41. The van der Waals surface area contributed by atoms with E-state index in [1.807, 2.05) is 19.1 Å². The zero-order valence-electron chi connectivity index (χ0n) is 9.80. The summed E-state index contributed by atoms with van der Waals surface area (Å²) in [6, 6.07) is 5.51. The largest absolute Gasteiger partial charge is 0.468 e. The molecule has 0 saturated carbocycles. The molecule has 1 N–H and O–H groups in total. The van der Waals surface area contributed by atoms with Gasteiger partial charge in [-0.3, -0.25) is 4.79 Å². The maximum atomic E-state index is 11.1. The molecule has 0 amide bonds. The van der Waals surface area contributed by atoms with Crippen molar-refractivity contribution in [1.29, 1.82) is 0 Å². The van der Waals surface area contributed by atoms with Crippen molar-refractivity contribution in [1.82, 2.24) is 5.32 Å². The smallest absolute Gasteiger partial charge is 0.319 e. The summed E-state index contributed by atoms with van der Waals surface area (Å²) in [6.45, 7) is 2.20. The lowest BCUT2D eigenvalue weighted by molar-refractivity contribution is -0.139. The Bertz CT molecular complexity index is 396. The van der Waals surface area contributed by atoms with E-state index in [0.717, 1.165) is 12.0 Å². The van der Waals surface area contributed by atoms with Crippen molar-refractivity contribution >= 4 is 29.2 Å². The third-order valence-electron chi connectivity index (χ3n) is 2.47. The van der Waals surface area contributed by atoms with Gasteiger partial charge in [0.15, 0.2) is 0 Å². The molecular weight excluding hydrogens is 261 g/mol. The standard InChI is InChI=1S/C12H15Cl2NO2/c1-3-11(15-7-12(16)17-2)8-4-5-9(13)10(14)6-8/h4-6,11,15H,3,7H2,1-2H3/t11-/m0/s1. The Morgan fingerprint density at radius 3 is 2.65 bits per heavy atom. The predicted octanol–water partition coefficient (Wildman–Crippen LogP) is 3.21. The van der Waals surface area contributed by atoms with Gasteiger partial charge < -0.3 is 10.1 Å². The third kappa shape index (κ3) is 4.19. The van der Waals surface area contributed by atoms with Gasteiger partial charge >= 0.3 is 5.97 Å². The molecule has 0 aromatic heterocycles. The van der Waals surface area contributed by atoms with Crippen molar-refractivity contribution in [3.05, 3.63) is 33.8 Å². The summed E-state index contributed by atoms with van der Waals surface area (Å²) < 4.78 is 4.58. The van der Waals surface area contributed by atoms with Gasteiger partial charge in [-0.2, -0.15) is 0 Å². The molecule has 0 aliphatic carbocycles. The average Bonchev–Trinajstić information content (AvgIpc) is 2.33. The lowest BCUT2D eigenvalue weighted by atomic mass is 10.0. The van der Waals surface area contributed by atoms with E-state index >= 15 is 0 Å². The molecule has 3 nitrogen and oxygen atoms in total. The van der Waals surface area contributed by atoms with Crippen LogP contribution in [0, 0.1) is 0 Å². The van der Waals surface area contributed by atoms with Crippen LogP contribution in [-0.2, 0) is 9.53 Å². The van der Waals surface area contributed by atoms with E-state index in [4.69, 9.17) is 23.2 Å². The van der Waals surface area contributed by atoms with Gasteiger partial charge in [-0.15, -0.1) is 0 Å². The van der Waals surface area contributed by atoms with E-state index in [9.17, 15) is 4.79 Å². The fourth-order valence-electron chi connectivity index (χ4n) is 1.51. The van der Waals surface area contributed by atoms with Gasteiger partial charge in [0, 0.05) is 6.04 Å². The molecule has 0 radical (unpaired) electrons. The topological polar surface area (TPSA) is 38.3 Å². The molecular formula is C12H15Cl2NO2. The van der Waals surface area contributed by atoms with Crippen molar-refractivity contribution in [2.45, 2.75) is 19.4 Å². The molecule has 5 heteroatoms. The Labute approximate surface area is 111 Å². The predicted molar refractivity (Wildman–Crippen MR) is 69.5 cm³/mol. The second-order valence-electron chi connectivity index (χ2n) is 3.59. The fraction of sp³-hybridized carbons (Fsp3) is 0.417. The summed E-state index contributed by atoms with van der Waals surface area (Å²) in [5.41, 5.74) is 1.01. The monoisotopic (exact) mass is 275 g/mol. The van der Waals surface area contributed by atoms with Gasteiger partial charge in [-0.25, -0.2) is 0 Å². The first-order chi connectivity index (χ1) is 8.08. The van der Waals surface area contributed by atoms with Crippen molar-refractivity contribution in [3.8, 4) is 0 Å². The Kier molecular flexibility index (Phi) is 5.75. The lowest BCUT2D eigenvalue weighted by Gasteiger charge is -2.17. The number of nitrogens with one attached hydrogen (secondary N) is 1. The van der Waals surface area contributed by atoms with Crippen LogP contribution < -0.4 is 5.32 Å². The molecule has 1 rings (SSSR count). The molecule has 0 fully saturated rings. The highest BCUT2D eigenvalue weighted by Gasteiger charge is 2.12. The first-order valence-electron chi connectivity index (χ1n) is 5.33. The molecule has 0 aliphatic heterocycles. The van der Waals surface area contributed by atoms with Crippen LogP contribution in [-0.4, -0.2) is 19.6 Å². The molecule has 0 aliphatic rings. The number of rotatable bonds is 5. The minimum Gasteiger partial charge on any atom is -0.468 e. The number of esters is 1. The third-order valence-corrected chi connectivity index (χ3v) is 3.21. The normalized spacial score (nSPS) is 12.2. The van der Waals surface area contributed by atoms with Gasteiger partial charge in [0.25, 0.3) is 0 Å². The minimum absolute atomic E-state index is 0.0591. The summed E-state index contributed by atoms with van der Waals surface area (Å²) >= 11 is 11.8. The Morgan fingerprint density at radius 1 is 1.41 bits per heavy atom. The van der Waals surface area contributed by atoms with Gasteiger partial charge in [0.05, 0.1) is 23.7 Å². The maximum absolute atomic E-state index is 11.1. The number of hydrogen-bond acceptors (Lipinski definition) is 3. The molecule has 1 aromatic carbocycles. The Balaban J connectivity index is 2.72. The van der Waals surface area contributed by atoms with E-state index in [1.165, 1.54) is 7.11 Å². The zero-order valence-corrected chi connectivity index (χ0v) is 11.3. The van der Waals surface area contributed by atoms with Crippen LogP contribution in [0.15, 0.2) is 18.2 Å². The van der Waals surface area contributed by atoms with Crippen LogP contribution in [0.2, 0.25) is 10.0 Å². The SMILES string of the molecule is CC[C@H](NCC(=O)OC)c1ccc(Cl)c(Cl)c1. The van der Waals surface area contributed by atoms with Crippen LogP contribution in [0.25, 0.3) is 0 Å². The number of methoxy groups -OCH3 is 1. The number of carbonyl (C=O) groups is 1. The van der Waals surface area contributed by atoms with E-state index in [1.54, 1.807) is 6.07 Å². The molecule has 0 spiro atoms. The molecule has 1 aromatic rings. The Morgan fingerprint density at radius 2 is 2.12 bits per heavy atom. The quantitative estimate of drug-likeness (QED) is 0.839. The van der Waals surface area contributed by atoms with Crippen LogP contribution in [0.3, 0.4) is 0 Å². The number of hydrogen-bond donors (Lipinski definition) is 1. The summed E-state index contributed by atoms with van der Waals surface area (Å²) in [5.74, 6) is -0.288. The van der Waals surface area contributed by atoms with Crippen molar-refractivity contribution in [2.24, 2.45) is 0 Å². The highest BCUT2D eigenvalue weighted by atomic mass is 35.5. The van der Waals surface area contributed by atoms with Crippen molar-refractivity contribution < 1.29 is 9.53 Å². The summed E-state index contributed by atoms with van der Waals surface area (Å²) in [7, 11) is 1.37. The van der Waals surface area contributed by atoms with E-state index < -0.39 is 0 Å². The summed E-state index contributed by atoms with van der Waals surface area (Å²) in [4.78, 5) is 11.1. The van der Waals surface area contributed by atoms with Crippen molar-refractivity contribution in [3.63, 3.8) is 0 Å². The molecule has 17 heavy (non-hydrogen) atoms. The van der Waals surface area contributed by atoms with Crippen LogP contribution in [0.5, 0.6) is 0 Å². The van der Waals surface area contributed by atoms with Gasteiger partial charge in [0.2, 0.25) is 0 Å². The van der Waals surface area contributed by atoms with Crippen LogP contribution in [0.1, 0.15) is 24.9 Å². The van der Waals surface area contributed by atoms with Crippen molar-refractivity contribution in [2.75, 3.05) is 13.7 Å². The number of carbonyl (C=O) groups excluding carboxylic acids is 1. The van der Waals surface area contributed by atoms with E-state index in [0.29, 0.717) is 10.0 Å². The number of benzene rings is 1. The number of halogens is 2. The number of ether oxygens (including phenoxy) is 1. The average molecular weight is 276 g/mol. The minimum atomic E-state index is -0.288.